The highest BCUT2D eigenvalue weighted by Gasteiger charge is 2.38. The van der Waals surface area contributed by atoms with Gasteiger partial charge in [-0.1, -0.05) is 102 Å². The van der Waals surface area contributed by atoms with Crippen LogP contribution in [0, 0.1) is 0 Å². The Labute approximate surface area is 481 Å². The van der Waals surface area contributed by atoms with E-state index < -0.39 is 32.9 Å². The first-order valence-electron chi connectivity index (χ1n) is 27.3. The Morgan fingerprint density at radius 2 is 1.33 bits per heavy atom. The Balaban J connectivity index is 0.982. The fourth-order valence-electron chi connectivity index (χ4n) is 10.6. The molecule has 20 heteroatoms. The molecule has 1 aliphatic rings. The van der Waals surface area contributed by atoms with Crippen molar-refractivity contribution in [2.75, 3.05) is 78.7 Å². The molecule has 0 unspecified atom stereocenters. The molecule has 83 heavy (non-hydrogen) atoms. The summed E-state index contributed by atoms with van der Waals surface area (Å²) in [6, 6.07) is 34.0. The van der Waals surface area contributed by atoms with Crippen molar-refractivity contribution < 1.29 is 32.2 Å². The normalized spacial score (nSPS) is 13.4. The molecule has 4 aromatic heterocycles. The molecule has 11 rings (SSSR count). The van der Waals surface area contributed by atoms with E-state index in [0.29, 0.717) is 22.3 Å². The van der Waals surface area contributed by atoms with Crippen molar-refractivity contribution in [1.29, 1.82) is 0 Å². The number of hydrogen-bond donors (Lipinski definition) is 3. The third-order valence-electron chi connectivity index (χ3n) is 15.0. The number of pyridine rings is 2. The molecule has 1 fully saturated rings. The van der Waals surface area contributed by atoms with Crippen LogP contribution >= 0.6 is 0 Å². The highest BCUT2D eigenvalue weighted by molar-refractivity contribution is 7.92. The summed E-state index contributed by atoms with van der Waals surface area (Å²) >= 11 is 0. The molecule has 3 N–H and O–H groups in total. The maximum atomic E-state index is 15.8. The minimum atomic E-state index is -4.53. The number of hydrogen-bond acceptors (Lipinski definition) is 12. The Bertz CT molecular complexity index is 4240. The van der Waals surface area contributed by atoms with Crippen LogP contribution in [0.5, 0.6) is 11.5 Å². The van der Waals surface area contributed by atoms with Crippen LogP contribution in [0.2, 0.25) is 0 Å². The third kappa shape index (κ3) is 11.2. The number of carbonyl (C=O) groups is 2. The number of benzene rings is 6. The number of amides is 4. The number of fused-ring (bicyclic) bond motifs is 4. The maximum absolute atomic E-state index is 15.8. The summed E-state index contributed by atoms with van der Waals surface area (Å²) in [5.41, 5.74) is 7.02. The van der Waals surface area contributed by atoms with Gasteiger partial charge in [0.1, 0.15) is 34.5 Å². The zero-order valence-electron chi connectivity index (χ0n) is 47.9. The molecule has 5 heterocycles. The van der Waals surface area contributed by atoms with E-state index in [1.54, 1.807) is 49.1 Å². The van der Waals surface area contributed by atoms with Crippen molar-refractivity contribution >= 4 is 94.3 Å². The first kappa shape index (κ1) is 55.8. The highest BCUT2D eigenvalue weighted by atomic mass is 32.2. The zero-order valence-corrected chi connectivity index (χ0v) is 48.7. The summed E-state index contributed by atoms with van der Waals surface area (Å²) in [7, 11) is -1.69. The number of morpholine rings is 1. The largest absolute Gasteiger partial charge is 0.494 e. The Hall–Kier alpha value is -9.11. The summed E-state index contributed by atoms with van der Waals surface area (Å²) in [6.45, 7) is 16.8. The summed E-state index contributed by atoms with van der Waals surface area (Å²) in [4.78, 5) is 51.1. The van der Waals surface area contributed by atoms with E-state index in [0.717, 1.165) is 116 Å². The average molecular weight is 1140 g/mol. The molecule has 0 spiro atoms. The highest BCUT2D eigenvalue weighted by Crippen LogP contribution is 2.46. The lowest BCUT2D eigenvalue weighted by Gasteiger charge is -2.37. The monoisotopic (exact) mass is 1130 g/mol. The number of anilines is 5. The minimum absolute atomic E-state index is 0.0497. The van der Waals surface area contributed by atoms with Gasteiger partial charge < -0.3 is 34.7 Å². The molecule has 19 nitrogen and oxygen atoms in total. The number of imidazole rings is 2. The Morgan fingerprint density at radius 3 is 2.04 bits per heavy atom. The van der Waals surface area contributed by atoms with Crippen LogP contribution in [0.4, 0.5) is 38.0 Å². The van der Waals surface area contributed by atoms with E-state index in [9.17, 15) is 13.2 Å². The molecule has 0 bridgehead atoms. The van der Waals surface area contributed by atoms with Crippen LogP contribution < -0.4 is 34.8 Å². The molecule has 0 saturated carbocycles. The standard InChI is InChI=1S/C63H66N12O7S/c1-62(2,3)41-18-23-57(80-7)55(34-41)74(61(77)70-49-20-19-43(44-14-10-11-15-45(44)49)40-32-51-59(65-36-40)72(38-66-51)27-26-71-28-30-82-31-29-71)75(83(9,78)79)56-35-42(63(4,5)6)33-50(58(56)81-8)69-60(76)68-48-21-22-53(47-17-13-12-16-46(47)48)73-39-67-52-37-64-25-24-54(52)73/h10-25,32-39H,26-31H2,1-9H3,(H,70,77)(H2,68,69,76). The number of urea groups is 2. The number of methoxy groups -OCH3 is 2. The smallest absolute Gasteiger partial charge is 0.346 e. The molecular formula is C63H66N12O7S. The molecule has 0 radical (unpaired) electrons. The van der Waals surface area contributed by atoms with Crippen LogP contribution in [0.15, 0.2) is 147 Å². The quantitative estimate of drug-likeness (QED) is 0.0871. The van der Waals surface area contributed by atoms with Gasteiger partial charge in [0.2, 0.25) is 10.0 Å². The van der Waals surface area contributed by atoms with Crippen LogP contribution in [-0.4, -0.2) is 108 Å². The van der Waals surface area contributed by atoms with Gasteiger partial charge in [-0.25, -0.2) is 33.0 Å². The van der Waals surface area contributed by atoms with E-state index in [2.05, 4.69) is 35.4 Å². The molecule has 1 aliphatic heterocycles. The second-order valence-corrected chi connectivity index (χ2v) is 24.4. The minimum Gasteiger partial charge on any atom is -0.494 e. The van der Waals surface area contributed by atoms with E-state index >= 15 is 4.79 Å². The maximum Gasteiger partial charge on any atom is 0.346 e. The molecule has 1 saturated heterocycles. The molecule has 6 aromatic carbocycles. The average Bonchev–Trinajstić information content (AvgIpc) is 2.58. The molecule has 0 atom stereocenters. The van der Waals surface area contributed by atoms with Crippen LogP contribution in [0.1, 0.15) is 52.7 Å². The van der Waals surface area contributed by atoms with Crippen molar-refractivity contribution in [3.8, 4) is 28.3 Å². The zero-order chi connectivity index (χ0) is 58.4. The lowest BCUT2D eigenvalue weighted by Crippen LogP contribution is -2.52. The van der Waals surface area contributed by atoms with Crippen molar-refractivity contribution in [3.05, 3.63) is 158 Å². The number of aromatic nitrogens is 6. The van der Waals surface area contributed by atoms with Crippen molar-refractivity contribution in [2.24, 2.45) is 0 Å². The molecule has 10 aromatic rings. The lowest BCUT2D eigenvalue weighted by molar-refractivity contribution is 0.0365. The van der Waals surface area contributed by atoms with Gasteiger partial charge in [-0.05, 0) is 87.5 Å². The van der Waals surface area contributed by atoms with Gasteiger partial charge in [-0.15, -0.1) is 0 Å². The number of carbonyl (C=O) groups excluding carboxylic acids is 2. The molecule has 0 aliphatic carbocycles. The predicted molar refractivity (Wildman–Crippen MR) is 329 cm³/mol. The fourth-order valence-corrected chi connectivity index (χ4v) is 11.6. The molecule has 426 valence electrons. The number of hydrazine groups is 1. The van der Waals surface area contributed by atoms with Crippen LogP contribution in [0.3, 0.4) is 0 Å². The summed E-state index contributed by atoms with van der Waals surface area (Å²) in [5, 5.41) is 13.3. The number of nitrogens with zero attached hydrogens (tertiary/aromatic N) is 9. The van der Waals surface area contributed by atoms with Gasteiger partial charge in [0, 0.05) is 60.3 Å². The lowest BCUT2D eigenvalue weighted by atomic mass is 9.86. The number of ether oxygens (including phenoxy) is 3. The first-order chi connectivity index (χ1) is 39.8. The summed E-state index contributed by atoms with van der Waals surface area (Å²) in [6.07, 6.45) is 9.84. The number of rotatable bonds is 14. The van der Waals surface area contributed by atoms with E-state index in [1.165, 1.54) is 14.2 Å². The topological polar surface area (TPSA) is 203 Å². The Morgan fingerprint density at radius 1 is 0.663 bits per heavy atom. The van der Waals surface area contributed by atoms with E-state index in [1.807, 2.05) is 144 Å². The van der Waals surface area contributed by atoms with Gasteiger partial charge in [0.25, 0.3) is 0 Å². The number of sulfonamides is 1. The van der Waals surface area contributed by atoms with Crippen molar-refractivity contribution in [3.63, 3.8) is 0 Å². The number of nitrogens with one attached hydrogen (secondary N) is 3. The van der Waals surface area contributed by atoms with Crippen LogP contribution in [-0.2, 0) is 32.1 Å². The first-order valence-corrected chi connectivity index (χ1v) is 29.2. The van der Waals surface area contributed by atoms with E-state index in [-0.39, 0.29) is 28.6 Å². The fraction of sp³-hybridized carbons (Fsp3) is 0.270. The summed E-state index contributed by atoms with van der Waals surface area (Å²) < 4.78 is 52.6. The summed E-state index contributed by atoms with van der Waals surface area (Å²) in [5.74, 6) is 0.153. The van der Waals surface area contributed by atoms with Crippen LogP contribution in [0.25, 0.3) is 60.6 Å². The van der Waals surface area contributed by atoms with E-state index in [4.69, 9.17) is 24.2 Å². The Kier molecular flexibility index (Phi) is 15.0. The van der Waals surface area contributed by atoms with Gasteiger partial charge in [0.15, 0.2) is 11.4 Å². The molecular weight excluding hydrogens is 1070 g/mol. The van der Waals surface area contributed by atoms with Crippen molar-refractivity contribution in [2.45, 2.75) is 58.9 Å². The second kappa shape index (κ2) is 22.3. The van der Waals surface area contributed by atoms with Crippen molar-refractivity contribution in [1.82, 2.24) is 34.0 Å². The second-order valence-electron chi connectivity index (χ2n) is 22.6. The molecule has 4 amide bonds. The predicted octanol–water partition coefficient (Wildman–Crippen LogP) is 12.1. The van der Waals surface area contributed by atoms with Gasteiger partial charge in [-0.3, -0.25) is 14.5 Å². The third-order valence-corrected chi connectivity index (χ3v) is 16.0. The SMILES string of the molecule is COc1ccc(C(C)(C)C)cc1N(C(=O)Nc1ccc(-c2cnc3c(c2)ncn3CCN2CCOCC2)c2ccccc12)N(c1cc(C(C)(C)C)cc(NC(=O)Nc2ccc(-n3cnc4cnccc43)c3ccccc23)c1OC)S(C)(=O)=O. The van der Waals surface area contributed by atoms with Gasteiger partial charge >= 0.3 is 12.1 Å². The van der Waals surface area contributed by atoms with Gasteiger partial charge in [-0.2, -0.15) is 9.42 Å². The van der Waals surface area contributed by atoms with Gasteiger partial charge in [0.05, 0.1) is 74.5 Å².